The third-order valence-corrected chi connectivity index (χ3v) is 8.78. The number of nitro groups is 2. The molecule has 2 heterocycles. The Morgan fingerprint density at radius 3 is 2.57 bits per heavy atom. The Labute approximate surface area is 207 Å². The van der Waals surface area contributed by atoms with Crippen molar-refractivity contribution in [3.63, 3.8) is 0 Å². The van der Waals surface area contributed by atoms with E-state index in [-0.39, 0.29) is 22.4 Å². The number of hydrogen-bond acceptors (Lipinski definition) is 12. The van der Waals surface area contributed by atoms with Gasteiger partial charge in [0.15, 0.2) is 0 Å². The number of benzene rings is 1. The van der Waals surface area contributed by atoms with Crippen LogP contribution < -0.4 is 11.2 Å². The van der Waals surface area contributed by atoms with Crippen LogP contribution in [0.5, 0.6) is 0 Å². The zero-order valence-electron chi connectivity index (χ0n) is 18.6. The molecule has 190 valence electrons. The molecule has 2 aromatic rings. The molecule has 35 heavy (non-hydrogen) atoms. The second kappa shape index (κ2) is 12.1. The number of ether oxygens (including phenoxy) is 1. The van der Waals surface area contributed by atoms with Crippen molar-refractivity contribution in [2.24, 2.45) is 0 Å². The van der Waals surface area contributed by atoms with Gasteiger partial charge in [0.1, 0.15) is 6.23 Å². The van der Waals surface area contributed by atoms with Crippen molar-refractivity contribution in [3.05, 3.63) is 71.0 Å². The number of aromatic amines is 1. The van der Waals surface area contributed by atoms with Gasteiger partial charge in [-0.3, -0.25) is 34.6 Å². The first-order valence-electron chi connectivity index (χ1n) is 9.89. The first-order valence-corrected chi connectivity index (χ1v) is 13.2. The van der Waals surface area contributed by atoms with Gasteiger partial charge in [0.2, 0.25) is 0 Å². The molecular formula is C18H21N4O10PS2. The Morgan fingerprint density at radius 2 is 1.94 bits per heavy atom. The van der Waals surface area contributed by atoms with E-state index in [0.29, 0.717) is 12.0 Å². The molecule has 1 aromatic carbocycles. The number of nitrogens with one attached hydrogen (secondary N) is 1. The van der Waals surface area contributed by atoms with Crippen molar-refractivity contribution >= 4 is 41.6 Å². The molecule has 0 aliphatic carbocycles. The minimum atomic E-state index is -1.62. The molecule has 1 aromatic heterocycles. The summed E-state index contributed by atoms with van der Waals surface area (Å²) in [6.07, 6.45) is 0.426. The Kier molecular flexibility index (Phi) is 9.40. The molecule has 0 bridgehead atoms. The molecule has 17 heteroatoms. The molecule has 0 radical (unpaired) electrons. The number of non-ortho nitro benzene ring substituents is 1. The smallest absolute Gasteiger partial charge is 0.332 e. The highest BCUT2D eigenvalue weighted by molar-refractivity contribution is 8.77. The van der Waals surface area contributed by atoms with E-state index < -0.39 is 47.7 Å². The Balaban J connectivity index is 1.82. The topological polar surface area (TPSA) is 178 Å². The van der Waals surface area contributed by atoms with E-state index in [9.17, 15) is 29.8 Å². The van der Waals surface area contributed by atoms with Gasteiger partial charge in [-0.15, -0.1) is 0 Å². The van der Waals surface area contributed by atoms with Gasteiger partial charge in [-0.05, 0) is 13.0 Å². The van der Waals surface area contributed by atoms with Gasteiger partial charge >= 0.3 is 14.3 Å². The third kappa shape index (κ3) is 6.67. The van der Waals surface area contributed by atoms with E-state index in [2.05, 4.69) is 4.98 Å². The predicted octanol–water partition coefficient (Wildman–Crippen LogP) is 3.29. The quantitative estimate of drug-likeness (QED) is 0.188. The van der Waals surface area contributed by atoms with E-state index in [1.165, 1.54) is 47.9 Å². The molecule has 1 aliphatic rings. The van der Waals surface area contributed by atoms with Crippen molar-refractivity contribution in [3.8, 4) is 0 Å². The molecule has 0 spiro atoms. The van der Waals surface area contributed by atoms with Crippen LogP contribution in [0.3, 0.4) is 0 Å². The molecule has 0 amide bonds. The highest BCUT2D eigenvalue weighted by atomic mass is 33.1. The summed E-state index contributed by atoms with van der Waals surface area (Å²) in [5.74, 6) is 0. The van der Waals surface area contributed by atoms with Crippen molar-refractivity contribution in [1.82, 2.24) is 9.55 Å². The van der Waals surface area contributed by atoms with Gasteiger partial charge in [0.05, 0.1) is 33.5 Å². The van der Waals surface area contributed by atoms with E-state index in [1.807, 2.05) is 0 Å². The number of aromatic nitrogens is 2. The average molecular weight is 548 g/mol. The van der Waals surface area contributed by atoms with Gasteiger partial charge in [-0.25, -0.2) is 4.79 Å². The minimum absolute atomic E-state index is 0.0432. The van der Waals surface area contributed by atoms with Crippen molar-refractivity contribution in [2.75, 3.05) is 20.8 Å². The average Bonchev–Trinajstić information content (AvgIpc) is 3.23. The van der Waals surface area contributed by atoms with Gasteiger partial charge < -0.3 is 18.3 Å². The Morgan fingerprint density at radius 1 is 1.23 bits per heavy atom. The fourth-order valence-corrected chi connectivity index (χ4v) is 6.60. The van der Waals surface area contributed by atoms with Crippen LogP contribution in [0.4, 0.5) is 11.4 Å². The predicted molar refractivity (Wildman–Crippen MR) is 128 cm³/mol. The van der Waals surface area contributed by atoms with Gasteiger partial charge in [0, 0.05) is 43.7 Å². The van der Waals surface area contributed by atoms with E-state index in [4.69, 9.17) is 18.3 Å². The summed E-state index contributed by atoms with van der Waals surface area (Å²) in [4.78, 5) is 47.6. The molecule has 1 N–H and O–H groups in total. The lowest BCUT2D eigenvalue weighted by Crippen LogP contribution is -2.33. The summed E-state index contributed by atoms with van der Waals surface area (Å²) < 4.78 is 23.1. The minimum Gasteiger partial charge on any atom is -0.351 e. The monoisotopic (exact) mass is 548 g/mol. The van der Waals surface area contributed by atoms with Crippen LogP contribution in [-0.2, 0) is 18.3 Å². The van der Waals surface area contributed by atoms with Gasteiger partial charge in [0.25, 0.3) is 16.9 Å². The SMILES string of the molecule is COP(OC)OC[C@H]1O[C@@H](n2cc(C)c(=O)[nH]c2=O)C[C@@H]1SSc1ccc([N+](=O)[O-])cc1[N+](=O)[O-]. The molecule has 14 nitrogen and oxygen atoms in total. The fraction of sp³-hybridized carbons (Fsp3) is 0.444. The molecule has 1 aliphatic heterocycles. The molecular weight excluding hydrogens is 527 g/mol. The molecule has 0 unspecified atom stereocenters. The number of H-pyrrole nitrogens is 1. The number of aryl methyl sites for hydroxylation is 1. The van der Waals surface area contributed by atoms with Crippen LogP contribution in [0, 0.1) is 27.2 Å². The van der Waals surface area contributed by atoms with Crippen LogP contribution in [0.25, 0.3) is 0 Å². The summed E-state index contributed by atoms with van der Waals surface area (Å²) in [5.41, 5.74) is -1.58. The van der Waals surface area contributed by atoms with Crippen molar-refractivity contribution in [1.29, 1.82) is 0 Å². The Bertz CT molecular complexity index is 1200. The number of nitro benzene ring substituents is 2. The van der Waals surface area contributed by atoms with Crippen LogP contribution >= 0.6 is 30.2 Å². The molecule has 1 saturated heterocycles. The maximum Gasteiger partial charge on any atom is 0.332 e. The second-order valence-electron chi connectivity index (χ2n) is 7.11. The Hall–Kier alpha value is -2.33. The van der Waals surface area contributed by atoms with Gasteiger partial charge in [-0.1, -0.05) is 21.6 Å². The lowest BCUT2D eigenvalue weighted by molar-refractivity contribution is -0.396. The first kappa shape index (κ1) is 27.3. The lowest BCUT2D eigenvalue weighted by atomic mass is 10.2. The summed E-state index contributed by atoms with van der Waals surface area (Å²) in [5, 5.41) is 22.1. The normalized spacial score (nSPS) is 19.8. The van der Waals surface area contributed by atoms with Crippen LogP contribution in [0.1, 0.15) is 18.2 Å². The van der Waals surface area contributed by atoms with Crippen molar-refractivity contribution < 1.29 is 28.2 Å². The zero-order chi connectivity index (χ0) is 25.7. The summed E-state index contributed by atoms with van der Waals surface area (Å²) in [6, 6.07) is 3.42. The van der Waals surface area contributed by atoms with Crippen molar-refractivity contribution in [2.45, 2.75) is 35.8 Å². The molecule has 3 atom stereocenters. The molecule has 1 fully saturated rings. The van der Waals surface area contributed by atoms with Gasteiger partial charge in [-0.2, -0.15) is 0 Å². The molecule has 0 saturated carbocycles. The standard InChI is InChI=1S/C18H21N4O10PS2/c1-10-8-20(18(24)19-17(10)23)16-7-15(13(32-16)9-31-33(29-2)30-3)35-34-14-5-4-11(21(25)26)6-12(14)22(27)28/h4-6,8,13,15-16H,7,9H2,1-3H3,(H,19,23,24)/t13-,15+,16-/m1/s1. The van der Waals surface area contributed by atoms with E-state index >= 15 is 0 Å². The fourth-order valence-electron chi connectivity index (χ4n) is 3.18. The summed E-state index contributed by atoms with van der Waals surface area (Å²) >= 11 is 0. The van der Waals surface area contributed by atoms with Crippen LogP contribution in [0.15, 0.2) is 38.9 Å². The number of nitrogens with zero attached hydrogens (tertiary/aromatic N) is 3. The zero-order valence-corrected chi connectivity index (χ0v) is 21.2. The van der Waals surface area contributed by atoms with Crippen LogP contribution in [-0.4, -0.2) is 51.6 Å². The molecule has 3 rings (SSSR count). The summed E-state index contributed by atoms with van der Waals surface area (Å²) in [7, 11) is 3.54. The highest BCUT2D eigenvalue weighted by Crippen LogP contribution is 2.48. The second-order valence-corrected chi connectivity index (χ2v) is 11.0. The number of hydrogen-bond donors (Lipinski definition) is 1. The van der Waals surface area contributed by atoms with E-state index in [0.717, 1.165) is 16.9 Å². The maximum atomic E-state index is 12.4. The maximum absolute atomic E-state index is 12.4. The first-order chi connectivity index (χ1) is 16.6. The lowest BCUT2D eigenvalue weighted by Gasteiger charge is -2.20. The summed E-state index contributed by atoms with van der Waals surface area (Å²) in [6.45, 7) is 1.60. The highest BCUT2D eigenvalue weighted by Gasteiger charge is 2.39. The third-order valence-electron chi connectivity index (χ3n) is 4.89. The largest absolute Gasteiger partial charge is 0.351 e. The van der Waals surface area contributed by atoms with E-state index in [1.54, 1.807) is 6.92 Å². The number of rotatable bonds is 11. The van der Waals surface area contributed by atoms with Crippen LogP contribution in [0.2, 0.25) is 0 Å².